The summed E-state index contributed by atoms with van der Waals surface area (Å²) in [5.74, 6) is -0.624. The number of methoxy groups -OCH3 is 1. The number of hydrogen-bond donors (Lipinski definition) is 1. The molecule has 20 heavy (non-hydrogen) atoms. The molecule has 1 amide bonds. The largest absolute Gasteiger partial charge is 0.467 e. The van der Waals surface area contributed by atoms with E-state index >= 15 is 0 Å². The lowest BCUT2D eigenvalue weighted by atomic mass is 9.89. The van der Waals surface area contributed by atoms with Crippen LogP contribution in [0.3, 0.4) is 0 Å². The molecule has 0 heterocycles. The summed E-state index contributed by atoms with van der Waals surface area (Å²) in [5.41, 5.74) is -1.73. The quantitative estimate of drug-likeness (QED) is 0.494. The number of amides is 1. The van der Waals surface area contributed by atoms with Crippen LogP contribution in [0.5, 0.6) is 0 Å². The van der Waals surface area contributed by atoms with E-state index in [9.17, 15) is 9.59 Å². The summed E-state index contributed by atoms with van der Waals surface area (Å²) in [7, 11) is 1.35. The highest BCUT2D eigenvalue weighted by Crippen LogP contribution is 2.64. The number of alkyl halides is 2. The maximum Gasteiger partial charge on any atom is 0.331 e. The molecule has 4 nitrogen and oxygen atoms in total. The Labute approximate surface area is 129 Å². The molecule has 0 aromatic carbocycles. The molecule has 1 atom stereocenters. The second kappa shape index (κ2) is 5.38. The van der Waals surface area contributed by atoms with Crippen molar-refractivity contribution in [2.24, 2.45) is 5.41 Å². The van der Waals surface area contributed by atoms with E-state index in [4.69, 9.17) is 27.9 Å². The van der Waals surface area contributed by atoms with Gasteiger partial charge in [0.2, 0.25) is 5.91 Å². The average Bonchev–Trinajstić information content (AvgIpc) is 3.01. The van der Waals surface area contributed by atoms with Gasteiger partial charge in [-0.1, -0.05) is 25.7 Å². The summed E-state index contributed by atoms with van der Waals surface area (Å²) in [6.45, 7) is 1.73. The Hall–Kier alpha value is -0.480. The van der Waals surface area contributed by atoms with Crippen LogP contribution >= 0.6 is 23.2 Å². The van der Waals surface area contributed by atoms with Crippen molar-refractivity contribution in [3.8, 4) is 0 Å². The zero-order valence-corrected chi connectivity index (χ0v) is 13.4. The molecule has 114 valence electrons. The molecule has 1 N–H and O–H groups in total. The molecule has 0 radical (unpaired) electrons. The van der Waals surface area contributed by atoms with Crippen molar-refractivity contribution in [2.75, 3.05) is 7.11 Å². The van der Waals surface area contributed by atoms with Crippen LogP contribution in [0.1, 0.15) is 51.9 Å². The fourth-order valence-corrected chi connectivity index (χ4v) is 3.62. The van der Waals surface area contributed by atoms with Crippen LogP contribution in [-0.2, 0) is 14.3 Å². The van der Waals surface area contributed by atoms with E-state index in [0.717, 1.165) is 25.7 Å². The van der Waals surface area contributed by atoms with Crippen LogP contribution in [0.25, 0.3) is 0 Å². The molecule has 0 saturated heterocycles. The third-order valence-electron chi connectivity index (χ3n) is 4.65. The number of carbonyl (C=O) groups excluding carboxylic acids is 2. The summed E-state index contributed by atoms with van der Waals surface area (Å²) in [6, 6.07) is 0. The van der Waals surface area contributed by atoms with Gasteiger partial charge in [0, 0.05) is 0 Å². The number of nitrogens with one attached hydrogen (secondary N) is 1. The number of rotatable bonds is 3. The van der Waals surface area contributed by atoms with E-state index in [0.29, 0.717) is 19.3 Å². The molecule has 6 heteroatoms. The number of ether oxygens (including phenoxy) is 1. The zero-order valence-electron chi connectivity index (χ0n) is 11.9. The zero-order chi connectivity index (χ0) is 15.0. The first-order chi connectivity index (χ1) is 9.27. The smallest absolute Gasteiger partial charge is 0.331 e. The lowest BCUT2D eigenvalue weighted by Crippen LogP contribution is -2.56. The number of hydrogen-bond acceptors (Lipinski definition) is 3. The van der Waals surface area contributed by atoms with Crippen molar-refractivity contribution >= 4 is 35.1 Å². The third kappa shape index (κ3) is 2.64. The molecule has 0 aromatic rings. The van der Waals surface area contributed by atoms with Crippen molar-refractivity contribution in [3.63, 3.8) is 0 Å². The molecular weight excluding hydrogens is 301 g/mol. The van der Waals surface area contributed by atoms with Gasteiger partial charge in [0.15, 0.2) is 0 Å². The molecule has 2 rings (SSSR count). The normalized spacial score (nSPS) is 31.0. The van der Waals surface area contributed by atoms with Crippen LogP contribution in [0, 0.1) is 5.41 Å². The van der Waals surface area contributed by atoms with Crippen LogP contribution in [-0.4, -0.2) is 28.9 Å². The Kier molecular flexibility index (Phi) is 4.27. The lowest BCUT2D eigenvalue weighted by molar-refractivity contribution is -0.152. The van der Waals surface area contributed by atoms with Gasteiger partial charge in [-0.3, -0.25) is 4.79 Å². The van der Waals surface area contributed by atoms with Gasteiger partial charge in [-0.2, -0.15) is 0 Å². The second-order valence-corrected chi connectivity index (χ2v) is 7.64. The van der Waals surface area contributed by atoms with Crippen LogP contribution in [0.15, 0.2) is 0 Å². The van der Waals surface area contributed by atoms with Crippen molar-refractivity contribution in [1.82, 2.24) is 5.32 Å². The minimum absolute atomic E-state index is 0.255. The van der Waals surface area contributed by atoms with Crippen molar-refractivity contribution in [3.05, 3.63) is 0 Å². The van der Waals surface area contributed by atoms with Gasteiger partial charge in [-0.15, -0.1) is 23.2 Å². The highest BCUT2D eigenvalue weighted by atomic mass is 35.5. The molecule has 2 saturated carbocycles. The molecule has 2 aliphatic rings. The third-order valence-corrected chi connectivity index (χ3v) is 5.75. The fraction of sp³-hybridized carbons (Fsp3) is 0.857. The first-order valence-corrected chi connectivity index (χ1v) is 7.82. The lowest BCUT2D eigenvalue weighted by Gasteiger charge is -2.32. The standard InChI is InChI=1S/C14H21Cl2NO3/c1-12(9-14(12,15)16)10(18)17-13(11(19)20-2)7-5-3-4-6-8-13/h3-9H2,1-2H3,(H,17,18)/t12-/m1/s1. The van der Waals surface area contributed by atoms with Crippen molar-refractivity contribution in [2.45, 2.75) is 61.7 Å². The number of esters is 1. The topological polar surface area (TPSA) is 55.4 Å². The molecule has 2 fully saturated rings. The Balaban J connectivity index is 2.16. The number of carbonyl (C=O) groups is 2. The summed E-state index contributed by atoms with van der Waals surface area (Å²) < 4.78 is 3.89. The Bertz CT molecular complexity index is 417. The van der Waals surface area contributed by atoms with E-state index in [1.807, 2.05) is 0 Å². The minimum Gasteiger partial charge on any atom is -0.467 e. The Morgan fingerprint density at radius 2 is 1.60 bits per heavy atom. The van der Waals surface area contributed by atoms with Gasteiger partial charge < -0.3 is 10.1 Å². The molecule has 2 aliphatic carbocycles. The predicted octanol–water partition coefficient (Wildman–Crippen LogP) is 2.95. The molecular formula is C14H21Cl2NO3. The average molecular weight is 322 g/mol. The first-order valence-electron chi connectivity index (χ1n) is 7.06. The fourth-order valence-electron chi connectivity index (χ4n) is 2.91. The van der Waals surface area contributed by atoms with E-state index in [-0.39, 0.29) is 11.9 Å². The summed E-state index contributed by atoms with van der Waals surface area (Å²) in [5, 5.41) is 2.90. The summed E-state index contributed by atoms with van der Waals surface area (Å²) in [6.07, 6.45) is 5.57. The Morgan fingerprint density at radius 3 is 2.00 bits per heavy atom. The van der Waals surface area contributed by atoms with Gasteiger partial charge in [-0.25, -0.2) is 4.79 Å². The van der Waals surface area contributed by atoms with Crippen molar-refractivity contribution in [1.29, 1.82) is 0 Å². The molecule has 0 aliphatic heterocycles. The molecule has 0 spiro atoms. The predicted molar refractivity (Wildman–Crippen MR) is 77.8 cm³/mol. The summed E-state index contributed by atoms with van der Waals surface area (Å²) in [4.78, 5) is 24.6. The van der Waals surface area contributed by atoms with Gasteiger partial charge in [0.25, 0.3) is 0 Å². The second-order valence-electron chi connectivity index (χ2n) is 6.16. The van der Waals surface area contributed by atoms with Crippen LogP contribution < -0.4 is 5.32 Å². The number of halogens is 2. The van der Waals surface area contributed by atoms with E-state index < -0.39 is 15.3 Å². The first kappa shape index (κ1) is 15.9. The van der Waals surface area contributed by atoms with E-state index in [1.165, 1.54) is 7.11 Å². The SMILES string of the molecule is COC(=O)C1(NC(=O)[C@@]2(C)CC2(Cl)Cl)CCCCCC1. The van der Waals surface area contributed by atoms with Crippen molar-refractivity contribution < 1.29 is 14.3 Å². The highest BCUT2D eigenvalue weighted by molar-refractivity contribution is 6.53. The summed E-state index contributed by atoms with van der Waals surface area (Å²) >= 11 is 12.1. The molecule has 0 bridgehead atoms. The minimum atomic E-state index is -1.03. The van der Waals surface area contributed by atoms with Gasteiger partial charge in [-0.05, 0) is 26.2 Å². The maximum atomic E-state index is 12.5. The van der Waals surface area contributed by atoms with Gasteiger partial charge in [0.1, 0.15) is 9.87 Å². The van der Waals surface area contributed by atoms with E-state index in [1.54, 1.807) is 6.92 Å². The van der Waals surface area contributed by atoms with Gasteiger partial charge >= 0.3 is 5.97 Å². The van der Waals surface area contributed by atoms with E-state index in [2.05, 4.69) is 5.32 Å². The van der Waals surface area contributed by atoms with Crippen LogP contribution in [0.2, 0.25) is 0 Å². The highest BCUT2D eigenvalue weighted by Gasteiger charge is 2.68. The van der Waals surface area contributed by atoms with Crippen LogP contribution in [0.4, 0.5) is 0 Å². The maximum absolute atomic E-state index is 12.5. The monoisotopic (exact) mass is 321 g/mol. The molecule has 0 aromatic heterocycles. The Morgan fingerprint density at radius 1 is 1.10 bits per heavy atom. The molecule has 0 unspecified atom stereocenters. The van der Waals surface area contributed by atoms with Gasteiger partial charge in [0.05, 0.1) is 12.5 Å².